The van der Waals surface area contributed by atoms with Crippen LogP contribution in [0.4, 0.5) is 0 Å². The van der Waals surface area contributed by atoms with Crippen LogP contribution in [-0.4, -0.2) is 115 Å². The van der Waals surface area contributed by atoms with Crippen LogP contribution in [0.15, 0.2) is 0 Å². The van der Waals surface area contributed by atoms with E-state index < -0.39 is 74.6 Å². The number of ether oxygens (including phenoxy) is 3. The van der Waals surface area contributed by atoms with Crippen molar-refractivity contribution in [3.8, 4) is 0 Å². The molecule has 1 unspecified atom stereocenters. The third-order valence-electron chi connectivity index (χ3n) is 3.98. The van der Waals surface area contributed by atoms with Crippen LogP contribution in [0.2, 0.25) is 0 Å². The summed E-state index contributed by atoms with van der Waals surface area (Å²) in [5.41, 5.74) is 0. The summed E-state index contributed by atoms with van der Waals surface area (Å²) < 4.78 is 15.3. The fourth-order valence-corrected chi connectivity index (χ4v) is 2.57. The van der Waals surface area contributed by atoms with Crippen LogP contribution >= 0.6 is 0 Å². The van der Waals surface area contributed by atoms with Crippen LogP contribution in [0.1, 0.15) is 0 Å². The summed E-state index contributed by atoms with van der Waals surface area (Å²) in [6, 6.07) is 0. The van der Waals surface area contributed by atoms with Gasteiger partial charge < -0.3 is 55.1 Å². The van der Waals surface area contributed by atoms with E-state index in [2.05, 4.69) is 0 Å². The maximum absolute atomic E-state index is 9.94. The van der Waals surface area contributed by atoms with E-state index in [9.17, 15) is 35.7 Å². The van der Waals surface area contributed by atoms with Gasteiger partial charge in [-0.25, -0.2) is 0 Å². The first kappa shape index (κ1) is 18.9. The molecule has 2 aliphatic rings. The highest BCUT2D eigenvalue weighted by Crippen LogP contribution is 2.28. The van der Waals surface area contributed by atoms with Gasteiger partial charge in [0.15, 0.2) is 12.6 Å². The Kier molecular flexibility index (Phi) is 6.27. The summed E-state index contributed by atoms with van der Waals surface area (Å²) in [5.74, 6) is 0. The molecule has 11 nitrogen and oxygen atoms in total. The molecule has 0 aliphatic carbocycles. The average molecular weight is 342 g/mol. The van der Waals surface area contributed by atoms with E-state index in [1.165, 1.54) is 0 Å². The van der Waals surface area contributed by atoms with E-state index in [4.69, 9.17) is 19.3 Å². The molecule has 23 heavy (non-hydrogen) atoms. The van der Waals surface area contributed by atoms with Crippen molar-refractivity contribution in [2.45, 2.75) is 61.4 Å². The van der Waals surface area contributed by atoms with Crippen molar-refractivity contribution in [1.29, 1.82) is 0 Å². The minimum Gasteiger partial charge on any atom is -0.394 e. The van der Waals surface area contributed by atoms with Gasteiger partial charge in [0.2, 0.25) is 0 Å². The Morgan fingerprint density at radius 3 is 1.83 bits per heavy atom. The Balaban J connectivity index is 2.11. The van der Waals surface area contributed by atoms with Gasteiger partial charge in [0.1, 0.15) is 48.8 Å². The highest BCUT2D eigenvalue weighted by Gasteiger charge is 2.50. The maximum Gasteiger partial charge on any atom is 0.187 e. The molecule has 2 heterocycles. The van der Waals surface area contributed by atoms with Gasteiger partial charge in [0, 0.05) is 0 Å². The van der Waals surface area contributed by atoms with Gasteiger partial charge in [-0.1, -0.05) is 0 Å². The molecule has 136 valence electrons. The molecule has 0 aromatic carbocycles. The third-order valence-corrected chi connectivity index (χ3v) is 3.98. The fraction of sp³-hybridized carbons (Fsp3) is 1.00. The van der Waals surface area contributed by atoms with Crippen molar-refractivity contribution in [3.63, 3.8) is 0 Å². The standard InChI is InChI=1S/C12H22O11/c13-1-3-5(15)6(16)9(19)12(22-3)23-10-4(2-14)21-11(20)8(18)7(10)17/h3-20H,1-2H2/t3-,4-,5+,6?,7+,8-,9-,10+,11+,12-/m1/s1. The molecule has 2 saturated heterocycles. The molecule has 2 aliphatic heterocycles. The Bertz CT molecular complexity index is 378. The first-order chi connectivity index (χ1) is 10.8. The minimum absolute atomic E-state index is 0.667. The third kappa shape index (κ3) is 3.65. The topological polar surface area (TPSA) is 190 Å². The number of aliphatic hydroxyl groups excluding tert-OH is 8. The Morgan fingerprint density at radius 2 is 1.26 bits per heavy atom. The molecule has 0 spiro atoms. The van der Waals surface area contributed by atoms with Crippen LogP contribution in [0.3, 0.4) is 0 Å². The Morgan fingerprint density at radius 1 is 0.652 bits per heavy atom. The Hall–Kier alpha value is -0.440. The molecule has 10 atom stereocenters. The van der Waals surface area contributed by atoms with Gasteiger partial charge in [0.25, 0.3) is 0 Å². The summed E-state index contributed by atoms with van der Waals surface area (Å²) in [4.78, 5) is 0. The van der Waals surface area contributed by atoms with E-state index >= 15 is 0 Å². The fourth-order valence-electron chi connectivity index (χ4n) is 2.57. The van der Waals surface area contributed by atoms with Crippen molar-refractivity contribution >= 4 is 0 Å². The zero-order valence-electron chi connectivity index (χ0n) is 12.0. The lowest BCUT2D eigenvalue weighted by atomic mass is 9.97. The van der Waals surface area contributed by atoms with Gasteiger partial charge in [-0.15, -0.1) is 0 Å². The Labute approximate surface area is 130 Å². The monoisotopic (exact) mass is 342 g/mol. The lowest BCUT2D eigenvalue weighted by Gasteiger charge is -2.45. The van der Waals surface area contributed by atoms with E-state index in [0.29, 0.717) is 0 Å². The van der Waals surface area contributed by atoms with Crippen molar-refractivity contribution in [2.24, 2.45) is 0 Å². The molecular formula is C12H22O11. The number of hydrogen-bond acceptors (Lipinski definition) is 11. The van der Waals surface area contributed by atoms with Gasteiger partial charge in [-0.05, 0) is 0 Å². The summed E-state index contributed by atoms with van der Waals surface area (Å²) in [6.07, 6.45) is -15.6. The molecule has 2 fully saturated rings. The molecule has 0 aromatic rings. The second kappa shape index (κ2) is 7.63. The second-order valence-electron chi connectivity index (χ2n) is 5.53. The first-order valence-electron chi connectivity index (χ1n) is 7.08. The zero-order valence-corrected chi connectivity index (χ0v) is 12.0. The minimum atomic E-state index is -1.74. The van der Waals surface area contributed by atoms with Gasteiger partial charge in [0.05, 0.1) is 13.2 Å². The van der Waals surface area contributed by atoms with Crippen LogP contribution in [0.25, 0.3) is 0 Å². The van der Waals surface area contributed by atoms with E-state index in [1.54, 1.807) is 0 Å². The molecule has 11 heteroatoms. The molecular weight excluding hydrogens is 320 g/mol. The molecule has 2 rings (SSSR count). The highest BCUT2D eigenvalue weighted by molar-refractivity contribution is 4.93. The molecule has 0 saturated carbocycles. The van der Waals surface area contributed by atoms with E-state index in [-0.39, 0.29) is 0 Å². The van der Waals surface area contributed by atoms with E-state index in [1.807, 2.05) is 0 Å². The number of rotatable bonds is 4. The molecule has 0 aromatic heterocycles. The first-order valence-corrected chi connectivity index (χ1v) is 7.08. The molecule has 8 N–H and O–H groups in total. The van der Waals surface area contributed by atoms with Crippen LogP contribution in [0.5, 0.6) is 0 Å². The normalized spacial score (nSPS) is 51.7. The maximum atomic E-state index is 9.94. The SMILES string of the molecule is OC[C@H]1O[C@H](O)[C@H](O)[C@H](O)[C@H]1O[C@H]1O[C@H](CO)[C@H](O)C(O)[C@H]1O. The lowest BCUT2D eigenvalue weighted by Crippen LogP contribution is -2.64. The highest BCUT2D eigenvalue weighted by atomic mass is 16.7. The van der Waals surface area contributed by atoms with Crippen LogP contribution < -0.4 is 0 Å². The van der Waals surface area contributed by atoms with Crippen molar-refractivity contribution in [1.82, 2.24) is 0 Å². The lowest BCUT2D eigenvalue weighted by molar-refractivity contribution is -0.355. The predicted octanol–water partition coefficient (Wildman–Crippen LogP) is -5.40. The largest absolute Gasteiger partial charge is 0.394 e. The van der Waals surface area contributed by atoms with Gasteiger partial charge >= 0.3 is 0 Å². The zero-order chi connectivity index (χ0) is 17.3. The van der Waals surface area contributed by atoms with Crippen molar-refractivity contribution < 1.29 is 55.1 Å². The van der Waals surface area contributed by atoms with Gasteiger partial charge in [-0.3, -0.25) is 0 Å². The summed E-state index contributed by atoms with van der Waals surface area (Å²) in [6.45, 7) is -1.35. The summed E-state index contributed by atoms with van der Waals surface area (Å²) >= 11 is 0. The van der Waals surface area contributed by atoms with Crippen molar-refractivity contribution in [3.05, 3.63) is 0 Å². The average Bonchev–Trinajstić information content (AvgIpc) is 2.55. The molecule has 0 bridgehead atoms. The van der Waals surface area contributed by atoms with Crippen LogP contribution in [-0.2, 0) is 14.2 Å². The smallest absolute Gasteiger partial charge is 0.187 e. The summed E-state index contributed by atoms with van der Waals surface area (Å²) in [5, 5.41) is 76.5. The van der Waals surface area contributed by atoms with Crippen molar-refractivity contribution in [2.75, 3.05) is 13.2 Å². The second-order valence-corrected chi connectivity index (χ2v) is 5.53. The number of hydrogen-bond donors (Lipinski definition) is 8. The quantitative estimate of drug-likeness (QED) is 0.243. The predicted molar refractivity (Wildman–Crippen MR) is 68.6 cm³/mol. The van der Waals surface area contributed by atoms with Gasteiger partial charge in [-0.2, -0.15) is 0 Å². The van der Waals surface area contributed by atoms with E-state index in [0.717, 1.165) is 0 Å². The molecule has 0 radical (unpaired) electrons. The van der Waals surface area contributed by atoms with Crippen LogP contribution in [0, 0.1) is 0 Å². The summed E-state index contributed by atoms with van der Waals surface area (Å²) in [7, 11) is 0. The molecule has 0 amide bonds. The number of aliphatic hydroxyl groups is 8.